The number of halogens is 1. The zero-order chi connectivity index (χ0) is 14.7. The van der Waals surface area contributed by atoms with Crippen molar-refractivity contribution in [2.45, 2.75) is 13.5 Å². The van der Waals surface area contributed by atoms with Gasteiger partial charge in [-0.2, -0.15) is 5.10 Å². The van der Waals surface area contributed by atoms with Gasteiger partial charge in [-0.05, 0) is 24.6 Å². The SMILES string of the molecule is Cc1c(F)cccc1NCc1cn[nH]c1-c1ccccc1. The molecule has 1 aromatic heterocycles. The molecule has 3 nitrogen and oxygen atoms in total. The smallest absolute Gasteiger partial charge is 0.128 e. The van der Waals surface area contributed by atoms with E-state index >= 15 is 0 Å². The van der Waals surface area contributed by atoms with Crippen LogP contribution in [0.15, 0.2) is 54.7 Å². The molecule has 0 unspecified atom stereocenters. The normalized spacial score (nSPS) is 10.6. The van der Waals surface area contributed by atoms with E-state index in [0.29, 0.717) is 12.1 Å². The number of hydrogen-bond donors (Lipinski definition) is 2. The van der Waals surface area contributed by atoms with Crippen LogP contribution in [0.5, 0.6) is 0 Å². The molecule has 0 bridgehead atoms. The summed E-state index contributed by atoms with van der Waals surface area (Å²) in [4.78, 5) is 0. The number of rotatable bonds is 4. The largest absolute Gasteiger partial charge is 0.381 e. The van der Waals surface area contributed by atoms with Gasteiger partial charge in [0, 0.05) is 23.4 Å². The second-order valence-electron chi connectivity index (χ2n) is 4.90. The minimum absolute atomic E-state index is 0.199. The Morgan fingerprint density at radius 2 is 1.90 bits per heavy atom. The standard InChI is InChI=1S/C17H16FN3/c1-12-15(18)8-5-9-16(12)19-10-14-11-20-21-17(14)13-6-3-2-4-7-13/h2-9,11,19H,10H2,1H3,(H,20,21). The molecule has 0 amide bonds. The second kappa shape index (κ2) is 5.79. The molecule has 106 valence electrons. The molecule has 0 fully saturated rings. The van der Waals surface area contributed by atoms with Crippen molar-refractivity contribution in [1.82, 2.24) is 10.2 Å². The first-order chi connectivity index (χ1) is 10.3. The molecule has 0 aliphatic carbocycles. The molecule has 2 aromatic carbocycles. The van der Waals surface area contributed by atoms with Gasteiger partial charge in [-0.3, -0.25) is 5.10 Å². The minimum Gasteiger partial charge on any atom is -0.381 e. The van der Waals surface area contributed by atoms with E-state index in [9.17, 15) is 4.39 Å². The van der Waals surface area contributed by atoms with Gasteiger partial charge < -0.3 is 5.32 Å². The number of aromatic nitrogens is 2. The Morgan fingerprint density at radius 1 is 1.10 bits per heavy atom. The van der Waals surface area contributed by atoms with E-state index in [1.807, 2.05) is 36.4 Å². The van der Waals surface area contributed by atoms with Crippen molar-refractivity contribution in [3.8, 4) is 11.3 Å². The first kappa shape index (κ1) is 13.4. The number of nitrogens with zero attached hydrogens (tertiary/aromatic N) is 1. The van der Waals surface area contributed by atoms with Crippen molar-refractivity contribution in [3.05, 3.63) is 71.7 Å². The molecule has 0 radical (unpaired) electrons. The van der Waals surface area contributed by atoms with Crippen LogP contribution in [0.1, 0.15) is 11.1 Å². The summed E-state index contributed by atoms with van der Waals surface area (Å²) in [6.45, 7) is 2.36. The molecule has 3 aromatic rings. The van der Waals surface area contributed by atoms with Crippen molar-refractivity contribution >= 4 is 5.69 Å². The van der Waals surface area contributed by atoms with Gasteiger partial charge in [0.15, 0.2) is 0 Å². The molecule has 0 aliphatic heterocycles. The highest BCUT2D eigenvalue weighted by Crippen LogP contribution is 2.23. The van der Waals surface area contributed by atoms with E-state index < -0.39 is 0 Å². The zero-order valence-corrected chi connectivity index (χ0v) is 11.7. The number of benzene rings is 2. The molecular weight excluding hydrogens is 265 g/mol. The summed E-state index contributed by atoms with van der Waals surface area (Å²) in [5.74, 6) is -0.199. The Labute approximate surface area is 122 Å². The first-order valence-electron chi connectivity index (χ1n) is 6.82. The van der Waals surface area contributed by atoms with Crippen LogP contribution in [0.2, 0.25) is 0 Å². The third-order valence-corrected chi connectivity index (χ3v) is 3.52. The molecule has 0 saturated heterocycles. The number of anilines is 1. The van der Waals surface area contributed by atoms with Crippen LogP contribution in [-0.4, -0.2) is 10.2 Å². The van der Waals surface area contributed by atoms with E-state index in [0.717, 1.165) is 22.5 Å². The molecule has 0 saturated carbocycles. The molecule has 0 atom stereocenters. The predicted octanol–water partition coefficient (Wildman–Crippen LogP) is 4.14. The second-order valence-corrected chi connectivity index (χ2v) is 4.90. The van der Waals surface area contributed by atoms with Crippen LogP contribution in [0.4, 0.5) is 10.1 Å². The van der Waals surface area contributed by atoms with Crippen LogP contribution in [0, 0.1) is 12.7 Å². The van der Waals surface area contributed by atoms with Crippen molar-refractivity contribution in [1.29, 1.82) is 0 Å². The Kier molecular flexibility index (Phi) is 3.69. The highest BCUT2D eigenvalue weighted by atomic mass is 19.1. The molecule has 0 aliphatic rings. The molecular formula is C17H16FN3. The highest BCUT2D eigenvalue weighted by molar-refractivity contribution is 5.63. The molecule has 21 heavy (non-hydrogen) atoms. The van der Waals surface area contributed by atoms with Gasteiger partial charge in [0.1, 0.15) is 5.82 Å². The van der Waals surface area contributed by atoms with Crippen molar-refractivity contribution in [3.63, 3.8) is 0 Å². The van der Waals surface area contributed by atoms with Crippen LogP contribution < -0.4 is 5.32 Å². The third-order valence-electron chi connectivity index (χ3n) is 3.52. The lowest BCUT2D eigenvalue weighted by Crippen LogP contribution is -2.02. The lowest BCUT2D eigenvalue weighted by Gasteiger charge is -2.10. The van der Waals surface area contributed by atoms with Gasteiger partial charge in [-0.15, -0.1) is 0 Å². The average Bonchev–Trinajstić information content (AvgIpc) is 2.98. The fourth-order valence-corrected chi connectivity index (χ4v) is 2.29. The first-order valence-corrected chi connectivity index (χ1v) is 6.82. The number of H-pyrrole nitrogens is 1. The predicted molar refractivity (Wildman–Crippen MR) is 82.5 cm³/mol. The topological polar surface area (TPSA) is 40.7 Å². The van der Waals surface area contributed by atoms with Gasteiger partial charge in [0.2, 0.25) is 0 Å². The lowest BCUT2D eigenvalue weighted by molar-refractivity contribution is 0.619. The van der Waals surface area contributed by atoms with Crippen LogP contribution in [0.3, 0.4) is 0 Å². The van der Waals surface area contributed by atoms with Gasteiger partial charge in [0.25, 0.3) is 0 Å². The van der Waals surface area contributed by atoms with Crippen molar-refractivity contribution < 1.29 is 4.39 Å². The summed E-state index contributed by atoms with van der Waals surface area (Å²) in [5, 5.41) is 10.4. The Hall–Kier alpha value is -2.62. The fourth-order valence-electron chi connectivity index (χ4n) is 2.29. The van der Waals surface area contributed by atoms with Gasteiger partial charge in [-0.1, -0.05) is 36.4 Å². The molecule has 4 heteroatoms. The zero-order valence-electron chi connectivity index (χ0n) is 11.7. The van der Waals surface area contributed by atoms with Gasteiger partial charge in [0.05, 0.1) is 11.9 Å². The highest BCUT2D eigenvalue weighted by Gasteiger charge is 2.08. The van der Waals surface area contributed by atoms with Crippen LogP contribution in [0.25, 0.3) is 11.3 Å². The summed E-state index contributed by atoms with van der Waals surface area (Å²) in [7, 11) is 0. The van der Waals surface area contributed by atoms with Gasteiger partial charge in [-0.25, -0.2) is 4.39 Å². The quantitative estimate of drug-likeness (QED) is 0.754. The number of aromatic amines is 1. The fraction of sp³-hybridized carbons (Fsp3) is 0.118. The van der Waals surface area contributed by atoms with E-state index in [1.54, 1.807) is 19.2 Å². The van der Waals surface area contributed by atoms with Crippen LogP contribution in [-0.2, 0) is 6.54 Å². The Balaban J connectivity index is 1.81. The van der Waals surface area contributed by atoms with Crippen molar-refractivity contribution in [2.75, 3.05) is 5.32 Å². The molecule has 2 N–H and O–H groups in total. The molecule has 3 rings (SSSR count). The van der Waals surface area contributed by atoms with E-state index in [2.05, 4.69) is 15.5 Å². The lowest BCUT2D eigenvalue weighted by atomic mass is 10.1. The Morgan fingerprint density at radius 3 is 2.71 bits per heavy atom. The van der Waals surface area contributed by atoms with E-state index in [4.69, 9.17) is 0 Å². The molecule has 1 heterocycles. The summed E-state index contributed by atoms with van der Waals surface area (Å²) in [6, 6.07) is 15.1. The summed E-state index contributed by atoms with van der Waals surface area (Å²) in [6.07, 6.45) is 1.80. The van der Waals surface area contributed by atoms with E-state index in [1.165, 1.54) is 6.07 Å². The third kappa shape index (κ3) is 2.79. The monoisotopic (exact) mass is 281 g/mol. The van der Waals surface area contributed by atoms with Crippen molar-refractivity contribution in [2.24, 2.45) is 0 Å². The minimum atomic E-state index is -0.199. The summed E-state index contributed by atoms with van der Waals surface area (Å²) in [5.41, 5.74) is 4.54. The average molecular weight is 281 g/mol. The summed E-state index contributed by atoms with van der Waals surface area (Å²) < 4.78 is 13.5. The number of nitrogens with one attached hydrogen (secondary N) is 2. The molecule has 0 spiro atoms. The maximum Gasteiger partial charge on any atom is 0.128 e. The summed E-state index contributed by atoms with van der Waals surface area (Å²) >= 11 is 0. The van der Waals surface area contributed by atoms with Crippen LogP contribution >= 0.6 is 0 Å². The Bertz CT molecular complexity index is 735. The maximum atomic E-state index is 13.5. The number of hydrogen-bond acceptors (Lipinski definition) is 2. The maximum absolute atomic E-state index is 13.5. The van der Waals surface area contributed by atoms with Gasteiger partial charge >= 0.3 is 0 Å². The van der Waals surface area contributed by atoms with E-state index in [-0.39, 0.29) is 5.82 Å².